The number of rotatable bonds is 4. The number of carbonyl (C=O) groups excluding carboxylic acids is 1. The fraction of sp³-hybridized carbons (Fsp3) is 0.333. The standard InChI is InChI=1S/C15H17ClN4O3S/c1-10(2)18-24(22,23)11-3-4-13(16)12(9-11)15(21)19-7-8-20-14(19)5-6-17-20/h3-6,9-10,18H,7-8H2,1-2H3. The number of aromatic nitrogens is 2. The van der Waals surface area contributed by atoms with E-state index in [0.717, 1.165) is 0 Å². The first-order chi connectivity index (χ1) is 11.3. The third-order valence-electron chi connectivity index (χ3n) is 3.62. The Morgan fingerprint density at radius 3 is 2.75 bits per heavy atom. The molecular weight excluding hydrogens is 352 g/mol. The Morgan fingerprint density at radius 1 is 1.29 bits per heavy atom. The molecule has 7 nitrogen and oxygen atoms in total. The van der Waals surface area contributed by atoms with Crippen LogP contribution in [0.3, 0.4) is 0 Å². The first kappa shape index (κ1) is 16.9. The van der Waals surface area contributed by atoms with Gasteiger partial charge >= 0.3 is 0 Å². The average Bonchev–Trinajstić information content (AvgIpc) is 3.08. The van der Waals surface area contributed by atoms with E-state index >= 15 is 0 Å². The zero-order valence-electron chi connectivity index (χ0n) is 13.2. The maximum absolute atomic E-state index is 12.8. The molecule has 0 unspecified atom stereocenters. The first-order valence-corrected chi connectivity index (χ1v) is 9.31. The van der Waals surface area contributed by atoms with Crippen LogP contribution in [-0.2, 0) is 16.6 Å². The number of fused-ring (bicyclic) bond motifs is 1. The Morgan fingerprint density at radius 2 is 2.04 bits per heavy atom. The van der Waals surface area contributed by atoms with Gasteiger partial charge < -0.3 is 0 Å². The quantitative estimate of drug-likeness (QED) is 0.893. The maximum Gasteiger partial charge on any atom is 0.261 e. The van der Waals surface area contributed by atoms with E-state index in [-0.39, 0.29) is 27.4 Å². The molecular formula is C15H17ClN4O3S. The highest BCUT2D eigenvalue weighted by Gasteiger charge is 2.28. The number of nitrogens with zero attached hydrogens (tertiary/aromatic N) is 3. The third-order valence-corrected chi connectivity index (χ3v) is 5.61. The van der Waals surface area contributed by atoms with E-state index in [1.807, 2.05) is 0 Å². The summed E-state index contributed by atoms with van der Waals surface area (Å²) >= 11 is 6.14. The molecule has 1 aromatic carbocycles. The summed E-state index contributed by atoms with van der Waals surface area (Å²) < 4.78 is 28.8. The molecule has 0 fully saturated rings. The minimum atomic E-state index is -3.70. The van der Waals surface area contributed by atoms with E-state index in [2.05, 4.69) is 9.82 Å². The number of hydrogen-bond donors (Lipinski definition) is 1. The van der Waals surface area contributed by atoms with Gasteiger partial charge in [-0.2, -0.15) is 5.10 Å². The van der Waals surface area contributed by atoms with Crippen molar-refractivity contribution >= 4 is 33.3 Å². The van der Waals surface area contributed by atoms with Crippen molar-refractivity contribution in [2.45, 2.75) is 31.3 Å². The molecule has 1 aliphatic heterocycles. The van der Waals surface area contributed by atoms with Gasteiger partial charge in [-0.1, -0.05) is 11.6 Å². The van der Waals surface area contributed by atoms with Crippen LogP contribution in [0.2, 0.25) is 5.02 Å². The van der Waals surface area contributed by atoms with Gasteiger partial charge in [0.15, 0.2) is 0 Å². The van der Waals surface area contributed by atoms with E-state index in [4.69, 9.17) is 11.6 Å². The van der Waals surface area contributed by atoms with Crippen molar-refractivity contribution in [2.75, 3.05) is 11.4 Å². The molecule has 0 saturated carbocycles. The Kier molecular flexibility index (Phi) is 4.37. The highest BCUT2D eigenvalue weighted by molar-refractivity contribution is 7.89. The Bertz CT molecular complexity index is 892. The fourth-order valence-corrected chi connectivity index (χ4v) is 4.08. The monoisotopic (exact) mass is 368 g/mol. The van der Waals surface area contributed by atoms with Gasteiger partial charge in [0, 0.05) is 18.7 Å². The summed E-state index contributed by atoms with van der Waals surface area (Å²) in [5.41, 5.74) is 0.151. The summed E-state index contributed by atoms with van der Waals surface area (Å²) in [6.45, 7) is 4.52. The van der Waals surface area contributed by atoms with Gasteiger partial charge in [0.2, 0.25) is 10.0 Å². The molecule has 1 amide bonds. The molecule has 2 heterocycles. The second kappa shape index (κ2) is 6.19. The molecule has 9 heteroatoms. The summed E-state index contributed by atoms with van der Waals surface area (Å²) in [4.78, 5) is 14.4. The van der Waals surface area contributed by atoms with Crippen LogP contribution in [0.25, 0.3) is 0 Å². The van der Waals surface area contributed by atoms with E-state index in [9.17, 15) is 13.2 Å². The van der Waals surface area contributed by atoms with E-state index in [1.54, 1.807) is 35.7 Å². The lowest BCUT2D eigenvalue weighted by Gasteiger charge is -2.17. The molecule has 128 valence electrons. The van der Waals surface area contributed by atoms with Gasteiger partial charge in [0.25, 0.3) is 5.91 Å². The molecule has 0 aliphatic carbocycles. The molecule has 2 aromatic rings. The summed E-state index contributed by atoms with van der Waals surface area (Å²) in [7, 11) is -3.70. The number of anilines is 1. The van der Waals surface area contributed by atoms with Crippen LogP contribution in [0.15, 0.2) is 35.4 Å². The predicted molar refractivity (Wildman–Crippen MR) is 90.8 cm³/mol. The number of benzene rings is 1. The number of hydrogen-bond acceptors (Lipinski definition) is 4. The SMILES string of the molecule is CC(C)NS(=O)(=O)c1ccc(Cl)c(C(=O)N2CCn3nccc32)c1. The van der Waals surface area contributed by atoms with Crippen LogP contribution < -0.4 is 9.62 Å². The third kappa shape index (κ3) is 3.04. The minimum absolute atomic E-state index is 0.0108. The molecule has 0 atom stereocenters. The Hall–Kier alpha value is -1.90. The lowest BCUT2D eigenvalue weighted by molar-refractivity contribution is 0.0989. The van der Waals surface area contributed by atoms with Crippen LogP contribution in [0.5, 0.6) is 0 Å². The lowest BCUT2D eigenvalue weighted by atomic mass is 10.2. The molecule has 0 radical (unpaired) electrons. The smallest absolute Gasteiger partial charge is 0.261 e. The van der Waals surface area contributed by atoms with Crippen LogP contribution in [0.1, 0.15) is 24.2 Å². The summed E-state index contributed by atoms with van der Waals surface area (Å²) in [5.74, 6) is 0.325. The van der Waals surface area contributed by atoms with Crippen molar-refractivity contribution in [2.24, 2.45) is 0 Å². The second-order valence-electron chi connectivity index (χ2n) is 5.79. The Labute approximate surface area is 145 Å². The van der Waals surface area contributed by atoms with E-state index in [1.165, 1.54) is 18.2 Å². The van der Waals surface area contributed by atoms with Gasteiger partial charge in [-0.3, -0.25) is 9.69 Å². The highest BCUT2D eigenvalue weighted by atomic mass is 35.5. The summed E-state index contributed by atoms with van der Waals surface area (Å²) in [5, 5.41) is 4.33. The molecule has 0 spiro atoms. The van der Waals surface area contributed by atoms with Gasteiger partial charge in [-0.15, -0.1) is 0 Å². The molecule has 0 saturated heterocycles. The fourth-order valence-electron chi connectivity index (χ4n) is 2.60. The lowest BCUT2D eigenvalue weighted by Crippen LogP contribution is -2.31. The number of amides is 1. The van der Waals surface area contributed by atoms with Crippen LogP contribution in [0, 0.1) is 0 Å². The van der Waals surface area contributed by atoms with Crippen molar-refractivity contribution < 1.29 is 13.2 Å². The molecule has 0 bridgehead atoms. The van der Waals surface area contributed by atoms with Crippen molar-refractivity contribution in [3.63, 3.8) is 0 Å². The zero-order chi connectivity index (χ0) is 17.5. The average molecular weight is 369 g/mol. The predicted octanol–water partition coefficient (Wildman–Crippen LogP) is 1.88. The van der Waals surface area contributed by atoms with E-state index < -0.39 is 10.0 Å². The number of nitrogens with one attached hydrogen (secondary N) is 1. The topological polar surface area (TPSA) is 84.3 Å². The molecule has 24 heavy (non-hydrogen) atoms. The van der Waals surface area contributed by atoms with E-state index in [0.29, 0.717) is 18.9 Å². The minimum Gasteiger partial charge on any atom is -0.291 e. The zero-order valence-corrected chi connectivity index (χ0v) is 14.8. The Balaban J connectivity index is 1.97. The van der Waals surface area contributed by atoms with Gasteiger partial charge in [-0.05, 0) is 32.0 Å². The summed E-state index contributed by atoms with van der Waals surface area (Å²) in [6.07, 6.45) is 1.61. The highest BCUT2D eigenvalue weighted by Crippen LogP contribution is 2.27. The second-order valence-corrected chi connectivity index (χ2v) is 7.91. The molecule has 1 aromatic heterocycles. The van der Waals surface area contributed by atoms with Gasteiger partial charge in [0.1, 0.15) is 5.82 Å². The number of halogens is 1. The maximum atomic E-state index is 12.8. The van der Waals surface area contributed by atoms with Gasteiger partial charge in [0.05, 0.1) is 28.2 Å². The van der Waals surface area contributed by atoms with Gasteiger partial charge in [-0.25, -0.2) is 17.8 Å². The molecule has 1 aliphatic rings. The van der Waals surface area contributed by atoms with Crippen LogP contribution >= 0.6 is 11.6 Å². The molecule has 1 N–H and O–H groups in total. The largest absolute Gasteiger partial charge is 0.291 e. The van der Waals surface area contributed by atoms with Crippen LogP contribution in [0.4, 0.5) is 5.82 Å². The molecule has 3 rings (SSSR count). The van der Waals surface area contributed by atoms with Crippen molar-refractivity contribution in [1.29, 1.82) is 0 Å². The normalized spacial score (nSPS) is 14.2. The summed E-state index contributed by atoms with van der Waals surface area (Å²) in [6, 6.07) is 5.61. The van der Waals surface area contributed by atoms with Crippen molar-refractivity contribution in [3.8, 4) is 0 Å². The number of carbonyl (C=O) groups is 1. The number of sulfonamides is 1. The van der Waals surface area contributed by atoms with Crippen LogP contribution in [-0.4, -0.2) is 36.7 Å². The van der Waals surface area contributed by atoms with Crippen molar-refractivity contribution in [1.82, 2.24) is 14.5 Å². The van der Waals surface area contributed by atoms with Crippen molar-refractivity contribution in [3.05, 3.63) is 41.0 Å². The first-order valence-electron chi connectivity index (χ1n) is 7.45.